The summed E-state index contributed by atoms with van der Waals surface area (Å²) < 4.78 is 26.9. The molecule has 0 unspecified atom stereocenters. The molecule has 1 aromatic heterocycles. The molecule has 6 heteroatoms. The Kier molecular flexibility index (Phi) is 3.09. The van der Waals surface area contributed by atoms with E-state index in [9.17, 15) is 13.2 Å². The van der Waals surface area contributed by atoms with Gasteiger partial charge in [0.2, 0.25) is 0 Å². The average Bonchev–Trinajstić information content (AvgIpc) is 2.15. The van der Waals surface area contributed by atoms with Crippen molar-refractivity contribution >= 4 is 15.8 Å². The van der Waals surface area contributed by atoms with E-state index < -0.39 is 15.8 Å². The molecule has 0 aliphatic rings. The summed E-state index contributed by atoms with van der Waals surface area (Å²) >= 11 is 0. The first-order valence-corrected chi connectivity index (χ1v) is 6.00. The van der Waals surface area contributed by atoms with Gasteiger partial charge in [0.15, 0.2) is 15.5 Å². The van der Waals surface area contributed by atoms with Crippen molar-refractivity contribution in [3.8, 4) is 0 Å². The molecule has 0 bridgehead atoms. The molecule has 15 heavy (non-hydrogen) atoms. The highest BCUT2D eigenvalue weighted by Gasteiger charge is 2.14. The molecule has 1 aromatic rings. The number of carbonyl (C=O) groups is 1. The third-order valence-corrected chi connectivity index (χ3v) is 2.94. The lowest BCUT2D eigenvalue weighted by Gasteiger charge is -2.04. The Morgan fingerprint density at radius 3 is 2.47 bits per heavy atom. The quantitative estimate of drug-likeness (QED) is 0.693. The molecular weight excluding hydrogens is 218 g/mol. The Morgan fingerprint density at radius 2 is 2.07 bits per heavy atom. The van der Waals surface area contributed by atoms with E-state index in [1.165, 1.54) is 13.2 Å². The smallest absolute Gasteiger partial charge is 0.356 e. The summed E-state index contributed by atoms with van der Waals surface area (Å²) in [6.45, 7) is 1.61. The van der Waals surface area contributed by atoms with Crippen molar-refractivity contribution in [3.63, 3.8) is 0 Å². The number of ether oxygens (including phenoxy) is 1. The van der Waals surface area contributed by atoms with Gasteiger partial charge in [-0.3, -0.25) is 0 Å². The normalized spacial score (nSPS) is 11.1. The molecule has 82 valence electrons. The molecule has 5 nitrogen and oxygen atoms in total. The fourth-order valence-corrected chi connectivity index (χ4v) is 1.70. The minimum absolute atomic E-state index is 0.0904. The van der Waals surface area contributed by atoms with Gasteiger partial charge in [-0.2, -0.15) is 0 Å². The monoisotopic (exact) mass is 229 g/mol. The minimum atomic E-state index is -3.29. The number of sulfone groups is 1. The van der Waals surface area contributed by atoms with Gasteiger partial charge in [-0.1, -0.05) is 0 Å². The van der Waals surface area contributed by atoms with Gasteiger partial charge < -0.3 is 4.74 Å². The van der Waals surface area contributed by atoms with Gasteiger partial charge in [0.25, 0.3) is 0 Å². The van der Waals surface area contributed by atoms with Crippen LogP contribution in [0.5, 0.6) is 0 Å². The molecule has 0 saturated heterocycles. The molecule has 0 N–H and O–H groups in total. The number of pyridine rings is 1. The highest BCUT2D eigenvalue weighted by molar-refractivity contribution is 7.90. The fraction of sp³-hybridized carbons (Fsp3) is 0.333. The molecular formula is C9H11NO4S. The summed E-state index contributed by atoms with van der Waals surface area (Å²) in [6, 6.07) is 1.40. The van der Waals surface area contributed by atoms with Crippen molar-refractivity contribution in [1.29, 1.82) is 0 Å². The molecule has 1 rings (SSSR count). The van der Waals surface area contributed by atoms with E-state index in [2.05, 4.69) is 9.72 Å². The summed E-state index contributed by atoms with van der Waals surface area (Å²) in [6.07, 6.45) is 2.23. The lowest BCUT2D eigenvalue weighted by Crippen LogP contribution is -2.08. The van der Waals surface area contributed by atoms with E-state index in [1.807, 2.05) is 0 Å². The Hall–Kier alpha value is -1.43. The van der Waals surface area contributed by atoms with Crippen molar-refractivity contribution in [3.05, 3.63) is 23.5 Å². The Labute approximate surface area is 88.0 Å². The second kappa shape index (κ2) is 3.98. The molecule has 0 amide bonds. The summed E-state index contributed by atoms with van der Waals surface area (Å²) in [5, 5.41) is 0. The lowest BCUT2D eigenvalue weighted by atomic mass is 10.2. The molecule has 0 aliphatic heterocycles. The minimum Gasteiger partial charge on any atom is -0.464 e. The van der Waals surface area contributed by atoms with Crippen LogP contribution in [0.15, 0.2) is 17.2 Å². The number of rotatable bonds is 2. The third kappa shape index (κ3) is 2.53. The van der Waals surface area contributed by atoms with Crippen molar-refractivity contribution in [2.75, 3.05) is 13.4 Å². The first-order chi connectivity index (χ1) is 6.86. The maximum Gasteiger partial charge on any atom is 0.356 e. The first-order valence-electron chi connectivity index (χ1n) is 4.11. The van der Waals surface area contributed by atoms with E-state index in [0.717, 1.165) is 12.5 Å². The number of esters is 1. The van der Waals surface area contributed by atoms with E-state index in [4.69, 9.17) is 0 Å². The van der Waals surface area contributed by atoms with Gasteiger partial charge in [-0.05, 0) is 18.6 Å². The predicted octanol–water partition coefficient (Wildman–Crippen LogP) is 0.580. The summed E-state index contributed by atoms with van der Waals surface area (Å²) in [5.74, 6) is -0.576. The molecule has 0 aromatic carbocycles. The standard InChI is InChI=1S/C9H11NO4S/c1-6-4-7(15(3,12)13)5-10-8(6)9(11)14-2/h4-5H,1-3H3. The van der Waals surface area contributed by atoms with Gasteiger partial charge in [0, 0.05) is 12.5 Å². The van der Waals surface area contributed by atoms with Crippen LogP contribution >= 0.6 is 0 Å². The number of hydrogen-bond donors (Lipinski definition) is 0. The van der Waals surface area contributed by atoms with Crippen LogP contribution in [0.1, 0.15) is 16.1 Å². The SMILES string of the molecule is COC(=O)c1ncc(S(C)(=O)=O)cc1C. The molecule has 0 radical (unpaired) electrons. The third-order valence-electron chi connectivity index (χ3n) is 1.86. The van der Waals surface area contributed by atoms with Crippen molar-refractivity contribution in [2.24, 2.45) is 0 Å². The molecule has 1 heterocycles. The Balaban J connectivity index is 3.27. The number of aromatic nitrogens is 1. The number of methoxy groups -OCH3 is 1. The van der Waals surface area contributed by atoms with Crippen molar-refractivity contribution in [2.45, 2.75) is 11.8 Å². The molecule has 0 saturated carbocycles. The van der Waals surface area contributed by atoms with Crippen molar-refractivity contribution < 1.29 is 17.9 Å². The van der Waals surface area contributed by atoms with Crippen LogP contribution in [-0.2, 0) is 14.6 Å². The lowest BCUT2D eigenvalue weighted by molar-refractivity contribution is 0.0593. The maximum absolute atomic E-state index is 11.2. The van der Waals surface area contributed by atoms with Crippen LogP contribution in [0.3, 0.4) is 0 Å². The number of hydrogen-bond acceptors (Lipinski definition) is 5. The molecule has 0 fully saturated rings. The zero-order valence-electron chi connectivity index (χ0n) is 8.64. The van der Waals surface area contributed by atoms with Crippen LogP contribution in [0.4, 0.5) is 0 Å². The maximum atomic E-state index is 11.2. The van der Waals surface area contributed by atoms with Crippen LogP contribution in [0.2, 0.25) is 0 Å². The topological polar surface area (TPSA) is 73.3 Å². The van der Waals surface area contributed by atoms with E-state index in [-0.39, 0.29) is 10.6 Å². The zero-order valence-corrected chi connectivity index (χ0v) is 9.46. The van der Waals surface area contributed by atoms with Crippen LogP contribution in [0.25, 0.3) is 0 Å². The molecule has 0 atom stereocenters. The second-order valence-electron chi connectivity index (χ2n) is 3.10. The van der Waals surface area contributed by atoms with Crippen LogP contribution in [0, 0.1) is 6.92 Å². The van der Waals surface area contributed by atoms with Gasteiger partial charge in [-0.25, -0.2) is 18.2 Å². The largest absolute Gasteiger partial charge is 0.464 e. The van der Waals surface area contributed by atoms with Crippen LogP contribution < -0.4 is 0 Å². The molecule has 0 spiro atoms. The highest BCUT2D eigenvalue weighted by atomic mass is 32.2. The Morgan fingerprint density at radius 1 is 1.47 bits per heavy atom. The predicted molar refractivity (Wildman–Crippen MR) is 53.4 cm³/mol. The van der Waals surface area contributed by atoms with E-state index >= 15 is 0 Å². The van der Waals surface area contributed by atoms with E-state index in [1.54, 1.807) is 6.92 Å². The summed E-state index contributed by atoms with van der Waals surface area (Å²) in [4.78, 5) is 15.0. The van der Waals surface area contributed by atoms with Gasteiger partial charge in [0.05, 0.1) is 12.0 Å². The number of nitrogens with zero attached hydrogens (tertiary/aromatic N) is 1. The fourth-order valence-electron chi connectivity index (χ4n) is 1.06. The number of carbonyl (C=O) groups excluding carboxylic acids is 1. The van der Waals surface area contributed by atoms with E-state index in [0.29, 0.717) is 5.56 Å². The van der Waals surface area contributed by atoms with Gasteiger partial charge in [-0.15, -0.1) is 0 Å². The van der Waals surface area contributed by atoms with Crippen molar-refractivity contribution in [1.82, 2.24) is 4.98 Å². The van der Waals surface area contributed by atoms with Crippen LogP contribution in [-0.4, -0.2) is 32.7 Å². The first kappa shape index (κ1) is 11.6. The number of aryl methyl sites for hydroxylation is 1. The molecule has 0 aliphatic carbocycles. The summed E-state index contributed by atoms with van der Waals surface area (Å²) in [5.41, 5.74) is 0.606. The average molecular weight is 229 g/mol. The summed E-state index contributed by atoms with van der Waals surface area (Å²) in [7, 11) is -2.05. The van der Waals surface area contributed by atoms with Gasteiger partial charge in [0.1, 0.15) is 0 Å². The van der Waals surface area contributed by atoms with Gasteiger partial charge >= 0.3 is 5.97 Å². The Bertz CT molecular complexity index is 493. The zero-order chi connectivity index (χ0) is 11.6. The highest BCUT2D eigenvalue weighted by Crippen LogP contribution is 2.13. The second-order valence-corrected chi connectivity index (χ2v) is 5.12.